The smallest absolute Gasteiger partial charge is 0.240 e. The lowest BCUT2D eigenvalue weighted by molar-refractivity contribution is -0.118. The van der Waals surface area contributed by atoms with Crippen LogP contribution in [-0.2, 0) is 4.79 Å². The van der Waals surface area contributed by atoms with Gasteiger partial charge in [-0.25, -0.2) is 0 Å². The van der Waals surface area contributed by atoms with Crippen molar-refractivity contribution in [1.29, 1.82) is 0 Å². The van der Waals surface area contributed by atoms with E-state index in [2.05, 4.69) is 15.9 Å². The molecule has 3 heteroatoms. The van der Waals surface area contributed by atoms with Gasteiger partial charge in [-0.05, 0) is 25.5 Å². The number of amides is 1. The molecular formula is C12H16BrNO. The first-order chi connectivity index (χ1) is 7.20. The Morgan fingerprint density at radius 3 is 2.40 bits per heavy atom. The average molecular weight is 270 g/mol. The molecule has 1 atom stereocenters. The number of rotatable bonds is 4. The Bertz CT molecular complexity index is 313. The molecule has 82 valence electrons. The van der Waals surface area contributed by atoms with Crippen LogP contribution in [0.3, 0.4) is 0 Å². The molecule has 0 aliphatic rings. The molecule has 0 saturated heterocycles. The Labute approximate surface area is 99.4 Å². The molecule has 0 heterocycles. The van der Waals surface area contributed by atoms with Crippen molar-refractivity contribution in [2.24, 2.45) is 0 Å². The second kappa shape index (κ2) is 5.91. The standard InChI is InChI=1S/C12H16BrNO/c1-3-11(13)12(15)14(4-2)10-8-6-5-7-9-10/h5-9,11H,3-4H2,1-2H3/t11-/m1/s1. The second-order valence-electron chi connectivity index (χ2n) is 3.29. The van der Waals surface area contributed by atoms with Crippen LogP contribution in [0.25, 0.3) is 0 Å². The summed E-state index contributed by atoms with van der Waals surface area (Å²) in [6.07, 6.45) is 0.808. The summed E-state index contributed by atoms with van der Waals surface area (Å²) in [6.45, 7) is 4.68. The quantitative estimate of drug-likeness (QED) is 0.769. The lowest BCUT2D eigenvalue weighted by Crippen LogP contribution is -2.36. The fourth-order valence-electron chi connectivity index (χ4n) is 1.42. The van der Waals surface area contributed by atoms with Crippen molar-refractivity contribution in [1.82, 2.24) is 0 Å². The molecule has 1 aromatic carbocycles. The third-order valence-corrected chi connectivity index (χ3v) is 3.32. The minimum Gasteiger partial charge on any atom is -0.312 e. The fraction of sp³-hybridized carbons (Fsp3) is 0.417. The van der Waals surface area contributed by atoms with Crippen molar-refractivity contribution >= 4 is 27.5 Å². The van der Waals surface area contributed by atoms with Gasteiger partial charge in [0.05, 0.1) is 4.83 Å². The third-order valence-electron chi connectivity index (χ3n) is 2.28. The van der Waals surface area contributed by atoms with E-state index in [1.165, 1.54) is 0 Å². The molecule has 0 aliphatic heterocycles. The van der Waals surface area contributed by atoms with Gasteiger partial charge in [-0.15, -0.1) is 0 Å². The van der Waals surface area contributed by atoms with Crippen molar-refractivity contribution in [3.05, 3.63) is 30.3 Å². The Balaban J connectivity index is 2.85. The van der Waals surface area contributed by atoms with Crippen LogP contribution in [0.2, 0.25) is 0 Å². The van der Waals surface area contributed by atoms with Crippen molar-refractivity contribution in [3.8, 4) is 0 Å². The maximum absolute atomic E-state index is 12.0. The van der Waals surface area contributed by atoms with E-state index in [1.54, 1.807) is 4.90 Å². The van der Waals surface area contributed by atoms with Gasteiger partial charge in [-0.1, -0.05) is 41.1 Å². The SMILES string of the molecule is CC[C@@H](Br)C(=O)N(CC)c1ccccc1. The van der Waals surface area contributed by atoms with Gasteiger partial charge in [-0.2, -0.15) is 0 Å². The highest BCUT2D eigenvalue weighted by molar-refractivity contribution is 9.10. The number of hydrogen-bond donors (Lipinski definition) is 0. The van der Waals surface area contributed by atoms with Crippen molar-refractivity contribution in [2.45, 2.75) is 25.1 Å². The molecule has 0 aromatic heterocycles. The summed E-state index contributed by atoms with van der Waals surface area (Å²) in [5.74, 6) is 0.131. The zero-order valence-corrected chi connectivity index (χ0v) is 10.7. The summed E-state index contributed by atoms with van der Waals surface area (Å²) in [7, 11) is 0. The topological polar surface area (TPSA) is 20.3 Å². The summed E-state index contributed by atoms with van der Waals surface area (Å²) >= 11 is 3.39. The molecule has 15 heavy (non-hydrogen) atoms. The van der Waals surface area contributed by atoms with Crippen LogP contribution >= 0.6 is 15.9 Å². The Hall–Kier alpha value is -0.830. The van der Waals surface area contributed by atoms with E-state index in [9.17, 15) is 4.79 Å². The van der Waals surface area contributed by atoms with Crippen LogP contribution in [0.5, 0.6) is 0 Å². The van der Waals surface area contributed by atoms with Gasteiger partial charge in [0, 0.05) is 12.2 Å². The molecular weight excluding hydrogens is 254 g/mol. The average Bonchev–Trinajstić information content (AvgIpc) is 2.30. The Kier molecular flexibility index (Phi) is 4.82. The van der Waals surface area contributed by atoms with Gasteiger partial charge in [0.2, 0.25) is 5.91 Å². The molecule has 1 aromatic rings. The monoisotopic (exact) mass is 269 g/mol. The lowest BCUT2D eigenvalue weighted by Gasteiger charge is -2.23. The number of nitrogens with zero attached hydrogens (tertiary/aromatic N) is 1. The van der Waals surface area contributed by atoms with Crippen molar-refractivity contribution in [3.63, 3.8) is 0 Å². The summed E-state index contributed by atoms with van der Waals surface area (Å²) in [4.78, 5) is 13.7. The lowest BCUT2D eigenvalue weighted by atomic mass is 10.2. The number of carbonyl (C=O) groups is 1. The molecule has 2 nitrogen and oxygen atoms in total. The fourth-order valence-corrected chi connectivity index (χ4v) is 1.66. The Morgan fingerprint density at radius 2 is 1.93 bits per heavy atom. The molecule has 1 rings (SSSR count). The number of anilines is 1. The van der Waals surface area contributed by atoms with Gasteiger partial charge in [-0.3, -0.25) is 4.79 Å². The van der Waals surface area contributed by atoms with Crippen LogP contribution in [0.15, 0.2) is 30.3 Å². The zero-order chi connectivity index (χ0) is 11.3. The van der Waals surface area contributed by atoms with Crippen LogP contribution in [0.4, 0.5) is 5.69 Å². The highest BCUT2D eigenvalue weighted by Gasteiger charge is 2.19. The molecule has 0 fully saturated rings. The molecule has 0 saturated carbocycles. The predicted octanol–water partition coefficient (Wildman–Crippen LogP) is 3.21. The molecule has 0 aliphatic carbocycles. The summed E-state index contributed by atoms with van der Waals surface area (Å²) in [6, 6.07) is 9.75. The van der Waals surface area contributed by atoms with Gasteiger partial charge >= 0.3 is 0 Å². The van der Waals surface area contributed by atoms with Gasteiger partial charge in [0.1, 0.15) is 0 Å². The minimum atomic E-state index is -0.0855. The molecule has 1 amide bonds. The summed E-state index contributed by atoms with van der Waals surface area (Å²) in [5, 5.41) is 0. The highest BCUT2D eigenvalue weighted by Crippen LogP contribution is 2.17. The number of halogens is 1. The molecule has 0 bridgehead atoms. The van der Waals surface area contributed by atoms with Crippen LogP contribution in [0.1, 0.15) is 20.3 Å². The van der Waals surface area contributed by atoms with E-state index >= 15 is 0 Å². The first-order valence-corrected chi connectivity index (χ1v) is 6.12. The highest BCUT2D eigenvalue weighted by atomic mass is 79.9. The maximum Gasteiger partial charge on any atom is 0.240 e. The number of hydrogen-bond acceptors (Lipinski definition) is 1. The van der Waals surface area contributed by atoms with E-state index in [1.807, 2.05) is 44.2 Å². The number of carbonyl (C=O) groups excluding carboxylic acids is 1. The summed E-state index contributed by atoms with van der Waals surface area (Å²) in [5.41, 5.74) is 0.961. The molecule has 0 N–H and O–H groups in total. The van der Waals surface area contributed by atoms with E-state index < -0.39 is 0 Å². The number of para-hydroxylation sites is 1. The van der Waals surface area contributed by atoms with Crippen LogP contribution < -0.4 is 4.90 Å². The minimum absolute atomic E-state index is 0.0855. The van der Waals surface area contributed by atoms with E-state index in [0.29, 0.717) is 6.54 Å². The van der Waals surface area contributed by atoms with Crippen molar-refractivity contribution in [2.75, 3.05) is 11.4 Å². The van der Waals surface area contributed by atoms with Crippen LogP contribution in [0, 0.1) is 0 Å². The molecule has 0 spiro atoms. The molecule has 0 radical (unpaired) electrons. The predicted molar refractivity (Wildman–Crippen MR) is 67.5 cm³/mol. The van der Waals surface area contributed by atoms with Gasteiger partial charge in [0.15, 0.2) is 0 Å². The largest absolute Gasteiger partial charge is 0.312 e. The molecule has 0 unspecified atom stereocenters. The van der Waals surface area contributed by atoms with Crippen molar-refractivity contribution < 1.29 is 4.79 Å². The van der Waals surface area contributed by atoms with Crippen LogP contribution in [-0.4, -0.2) is 17.3 Å². The zero-order valence-electron chi connectivity index (χ0n) is 9.11. The summed E-state index contributed by atoms with van der Waals surface area (Å²) < 4.78 is 0. The van der Waals surface area contributed by atoms with E-state index in [-0.39, 0.29) is 10.7 Å². The van der Waals surface area contributed by atoms with E-state index in [4.69, 9.17) is 0 Å². The normalized spacial score (nSPS) is 12.2. The number of alkyl halides is 1. The first-order valence-electron chi connectivity index (χ1n) is 5.21. The number of benzene rings is 1. The van der Waals surface area contributed by atoms with Gasteiger partial charge in [0.25, 0.3) is 0 Å². The van der Waals surface area contributed by atoms with E-state index in [0.717, 1.165) is 12.1 Å². The third kappa shape index (κ3) is 3.06. The Morgan fingerprint density at radius 1 is 1.33 bits per heavy atom. The first kappa shape index (κ1) is 12.2. The maximum atomic E-state index is 12.0. The van der Waals surface area contributed by atoms with Gasteiger partial charge < -0.3 is 4.90 Å². The second-order valence-corrected chi connectivity index (χ2v) is 4.40.